The maximum atomic E-state index is 12.2. The monoisotopic (exact) mass is 397 g/mol. The van der Waals surface area contributed by atoms with Gasteiger partial charge in [0.15, 0.2) is 0 Å². The molecule has 0 spiro atoms. The number of anilines is 1. The van der Waals surface area contributed by atoms with E-state index in [4.69, 9.17) is 0 Å². The minimum atomic E-state index is -0.220. The van der Waals surface area contributed by atoms with Crippen LogP contribution in [-0.2, 0) is 0 Å². The van der Waals surface area contributed by atoms with E-state index in [1.54, 1.807) is 6.07 Å². The molecule has 2 heterocycles. The first-order valence-electron chi connectivity index (χ1n) is 8.31. The fourth-order valence-corrected chi connectivity index (χ4v) is 3.88. The van der Waals surface area contributed by atoms with E-state index < -0.39 is 0 Å². The van der Waals surface area contributed by atoms with E-state index in [1.807, 2.05) is 63.2 Å². The van der Waals surface area contributed by atoms with Gasteiger partial charge in [-0.05, 0) is 62.7 Å². The Morgan fingerprint density at radius 1 is 0.815 bits per heavy atom. The lowest BCUT2D eigenvalue weighted by atomic mass is 10.1. The average molecular weight is 398 g/mol. The third-order valence-corrected chi connectivity index (χ3v) is 5.81. The average Bonchev–Trinajstić information content (AvgIpc) is 3.28. The van der Waals surface area contributed by atoms with Gasteiger partial charge in [0.25, 0.3) is 11.8 Å². The van der Waals surface area contributed by atoms with Gasteiger partial charge in [-0.2, -0.15) is 5.10 Å². The summed E-state index contributed by atoms with van der Waals surface area (Å²) in [6, 6.07) is 14.8. The highest BCUT2D eigenvalue weighted by Crippen LogP contribution is 2.18. The molecule has 0 aliphatic rings. The topological polar surface area (TPSA) is 70.6 Å². The van der Waals surface area contributed by atoms with Crippen molar-refractivity contribution in [2.24, 2.45) is 5.10 Å². The summed E-state index contributed by atoms with van der Waals surface area (Å²) < 4.78 is 0. The quantitative estimate of drug-likeness (QED) is 0.478. The molecule has 0 aliphatic heterocycles. The van der Waals surface area contributed by atoms with Crippen LogP contribution in [-0.4, -0.2) is 17.5 Å². The van der Waals surface area contributed by atoms with Gasteiger partial charge < -0.3 is 5.32 Å². The molecule has 5 nitrogen and oxygen atoms in total. The molecule has 0 aliphatic carbocycles. The number of carbonyl (C=O) groups excluding carboxylic acids is 2. The van der Waals surface area contributed by atoms with Gasteiger partial charge in [0, 0.05) is 15.4 Å². The Labute approximate surface area is 165 Å². The number of nitrogens with zero attached hydrogens (tertiary/aromatic N) is 1. The number of thiophene rings is 2. The SMILES string of the molecule is C/C(=N\NC(=O)c1ccc(C)s1)c1ccc(NC(=O)c2ccc(C)s2)cc1. The molecule has 1 aromatic carbocycles. The maximum Gasteiger partial charge on any atom is 0.281 e. The zero-order chi connectivity index (χ0) is 19.4. The van der Waals surface area contributed by atoms with Crippen molar-refractivity contribution in [1.82, 2.24) is 5.43 Å². The second-order valence-corrected chi connectivity index (χ2v) is 8.57. The lowest BCUT2D eigenvalue weighted by molar-refractivity contribution is 0.0958. The minimum Gasteiger partial charge on any atom is -0.321 e. The molecule has 3 aromatic rings. The van der Waals surface area contributed by atoms with Crippen molar-refractivity contribution in [2.45, 2.75) is 20.8 Å². The van der Waals surface area contributed by atoms with Crippen LogP contribution in [0.3, 0.4) is 0 Å². The van der Waals surface area contributed by atoms with E-state index in [2.05, 4.69) is 15.8 Å². The summed E-state index contributed by atoms with van der Waals surface area (Å²) in [6.45, 7) is 5.74. The predicted molar refractivity (Wildman–Crippen MR) is 112 cm³/mol. The maximum absolute atomic E-state index is 12.2. The summed E-state index contributed by atoms with van der Waals surface area (Å²) in [4.78, 5) is 27.7. The molecule has 7 heteroatoms. The van der Waals surface area contributed by atoms with Crippen molar-refractivity contribution in [3.8, 4) is 0 Å². The Kier molecular flexibility index (Phi) is 5.83. The van der Waals surface area contributed by atoms with E-state index in [-0.39, 0.29) is 11.8 Å². The zero-order valence-corrected chi connectivity index (χ0v) is 16.8. The van der Waals surface area contributed by atoms with Crippen molar-refractivity contribution in [2.75, 3.05) is 5.32 Å². The molecule has 0 atom stereocenters. The summed E-state index contributed by atoms with van der Waals surface area (Å²) in [5.41, 5.74) is 4.83. The highest BCUT2D eigenvalue weighted by Gasteiger charge is 2.09. The molecular formula is C20H19N3O2S2. The van der Waals surface area contributed by atoms with Crippen molar-refractivity contribution >= 4 is 45.9 Å². The van der Waals surface area contributed by atoms with Crippen LogP contribution >= 0.6 is 22.7 Å². The largest absolute Gasteiger partial charge is 0.321 e. The van der Waals surface area contributed by atoms with E-state index in [9.17, 15) is 9.59 Å². The van der Waals surface area contributed by atoms with Crippen molar-refractivity contribution in [3.05, 3.63) is 73.6 Å². The highest BCUT2D eigenvalue weighted by molar-refractivity contribution is 7.14. The van der Waals surface area contributed by atoms with E-state index in [0.717, 1.165) is 15.3 Å². The Morgan fingerprint density at radius 3 is 1.89 bits per heavy atom. The van der Waals surface area contributed by atoms with Crippen molar-refractivity contribution < 1.29 is 9.59 Å². The van der Waals surface area contributed by atoms with Crippen LogP contribution in [0.1, 0.15) is 41.6 Å². The molecule has 0 unspecified atom stereocenters. The van der Waals surface area contributed by atoms with Gasteiger partial charge in [-0.15, -0.1) is 22.7 Å². The molecule has 3 rings (SSSR count). The number of aryl methyl sites for hydroxylation is 2. The van der Waals surface area contributed by atoms with Crippen LogP contribution in [0.2, 0.25) is 0 Å². The fourth-order valence-electron chi connectivity index (χ4n) is 2.35. The Morgan fingerprint density at radius 2 is 1.37 bits per heavy atom. The van der Waals surface area contributed by atoms with Gasteiger partial charge in [0.1, 0.15) is 0 Å². The van der Waals surface area contributed by atoms with Gasteiger partial charge in [-0.25, -0.2) is 5.43 Å². The molecular weight excluding hydrogens is 378 g/mol. The zero-order valence-electron chi connectivity index (χ0n) is 15.2. The molecule has 0 radical (unpaired) electrons. The molecule has 27 heavy (non-hydrogen) atoms. The number of carbonyl (C=O) groups is 2. The van der Waals surface area contributed by atoms with Gasteiger partial charge in [-0.1, -0.05) is 12.1 Å². The molecule has 0 saturated heterocycles. The number of hydrogen-bond acceptors (Lipinski definition) is 5. The number of hydrazone groups is 1. The Balaban J connectivity index is 1.62. The molecule has 138 valence electrons. The van der Waals surface area contributed by atoms with Crippen LogP contribution in [0.4, 0.5) is 5.69 Å². The highest BCUT2D eigenvalue weighted by atomic mass is 32.1. The molecule has 2 aromatic heterocycles. The van der Waals surface area contributed by atoms with E-state index in [0.29, 0.717) is 21.2 Å². The van der Waals surface area contributed by atoms with Crippen molar-refractivity contribution in [3.63, 3.8) is 0 Å². The molecule has 2 N–H and O–H groups in total. The first kappa shape index (κ1) is 19.0. The lowest BCUT2D eigenvalue weighted by Gasteiger charge is -2.06. The van der Waals surface area contributed by atoms with Crippen LogP contribution in [0.25, 0.3) is 0 Å². The van der Waals surface area contributed by atoms with Gasteiger partial charge in [0.2, 0.25) is 0 Å². The van der Waals surface area contributed by atoms with Crippen LogP contribution in [0.15, 0.2) is 53.6 Å². The van der Waals surface area contributed by atoms with Gasteiger partial charge in [-0.3, -0.25) is 9.59 Å². The summed E-state index contributed by atoms with van der Waals surface area (Å²) in [7, 11) is 0. The van der Waals surface area contributed by atoms with Gasteiger partial charge in [0.05, 0.1) is 15.5 Å². The predicted octanol–water partition coefficient (Wildman–Crippen LogP) is 4.83. The minimum absolute atomic E-state index is 0.121. The normalized spacial score (nSPS) is 11.3. The number of nitrogens with one attached hydrogen (secondary N) is 2. The fraction of sp³-hybridized carbons (Fsp3) is 0.150. The van der Waals surface area contributed by atoms with E-state index in [1.165, 1.54) is 22.7 Å². The second kappa shape index (κ2) is 8.28. The molecule has 0 saturated carbocycles. The van der Waals surface area contributed by atoms with E-state index >= 15 is 0 Å². The van der Waals surface area contributed by atoms with Crippen LogP contribution in [0, 0.1) is 13.8 Å². The Bertz CT molecular complexity index is 1000. The molecule has 0 fully saturated rings. The number of hydrogen-bond donors (Lipinski definition) is 2. The lowest BCUT2D eigenvalue weighted by Crippen LogP contribution is -2.18. The van der Waals surface area contributed by atoms with Gasteiger partial charge >= 0.3 is 0 Å². The third-order valence-electron chi connectivity index (χ3n) is 3.81. The first-order valence-corrected chi connectivity index (χ1v) is 9.95. The summed E-state index contributed by atoms with van der Waals surface area (Å²) in [6.07, 6.45) is 0. The van der Waals surface area contributed by atoms with Crippen LogP contribution in [0.5, 0.6) is 0 Å². The number of benzene rings is 1. The Hall–Kier alpha value is -2.77. The smallest absolute Gasteiger partial charge is 0.281 e. The second-order valence-electron chi connectivity index (χ2n) is 5.99. The summed E-state index contributed by atoms with van der Waals surface area (Å²) >= 11 is 2.89. The number of rotatable bonds is 5. The van der Waals surface area contributed by atoms with Crippen molar-refractivity contribution in [1.29, 1.82) is 0 Å². The standard InChI is InChI=1S/C20H19N3O2S2/c1-12-4-10-17(26-12)19(24)21-16-8-6-15(7-9-16)14(3)22-23-20(25)18-11-5-13(2)27-18/h4-11H,1-3H3,(H,21,24)(H,23,25)/b22-14+. The molecule has 2 amide bonds. The molecule has 0 bridgehead atoms. The van der Waals surface area contributed by atoms with Crippen LogP contribution < -0.4 is 10.7 Å². The third kappa shape index (κ3) is 4.90. The summed E-state index contributed by atoms with van der Waals surface area (Å²) in [5.74, 6) is -0.340. The number of amides is 2. The first-order chi connectivity index (χ1) is 12.9. The summed E-state index contributed by atoms with van der Waals surface area (Å²) in [5, 5.41) is 7.03.